The van der Waals surface area contributed by atoms with E-state index in [1.54, 1.807) is 0 Å². The van der Waals surface area contributed by atoms with E-state index in [9.17, 15) is 9.59 Å². The largest absolute Gasteiger partial charge is 0.469 e. The molecule has 0 saturated heterocycles. The molecule has 0 aromatic rings. The van der Waals surface area contributed by atoms with Crippen LogP contribution in [0.1, 0.15) is 52.4 Å². The fourth-order valence-corrected chi connectivity index (χ4v) is 1.31. The first-order chi connectivity index (χ1) is 7.07. The van der Waals surface area contributed by atoms with Crippen molar-refractivity contribution in [2.45, 2.75) is 52.4 Å². The molecule has 0 N–H and O–H groups in total. The molecule has 0 aromatic heterocycles. The third-order valence-corrected chi connectivity index (χ3v) is 2.43. The van der Waals surface area contributed by atoms with Crippen molar-refractivity contribution < 1.29 is 14.3 Å². The van der Waals surface area contributed by atoms with E-state index < -0.39 is 0 Å². The second-order valence-corrected chi connectivity index (χ2v) is 4.11. The lowest BCUT2D eigenvalue weighted by Crippen LogP contribution is -2.06. The molecule has 0 aliphatic heterocycles. The predicted molar refractivity (Wildman–Crippen MR) is 59.6 cm³/mol. The summed E-state index contributed by atoms with van der Waals surface area (Å²) < 4.78 is 4.53. The van der Waals surface area contributed by atoms with Crippen LogP contribution in [-0.4, -0.2) is 18.9 Å². The topological polar surface area (TPSA) is 43.4 Å². The van der Waals surface area contributed by atoms with Crippen LogP contribution >= 0.6 is 0 Å². The molecule has 3 heteroatoms. The fourth-order valence-electron chi connectivity index (χ4n) is 1.31. The Morgan fingerprint density at radius 2 is 1.53 bits per heavy atom. The Morgan fingerprint density at radius 1 is 1.00 bits per heavy atom. The van der Waals surface area contributed by atoms with Gasteiger partial charge in [0.25, 0.3) is 0 Å². The summed E-state index contributed by atoms with van der Waals surface area (Å²) in [5.74, 6) is 0.344. The van der Waals surface area contributed by atoms with Crippen LogP contribution in [0.2, 0.25) is 0 Å². The van der Waals surface area contributed by atoms with Gasteiger partial charge in [-0.2, -0.15) is 0 Å². The number of hydrogen-bond donors (Lipinski definition) is 0. The van der Waals surface area contributed by atoms with Gasteiger partial charge in [0.2, 0.25) is 0 Å². The molecule has 0 amide bonds. The Morgan fingerprint density at radius 3 is 2.00 bits per heavy atom. The molecule has 0 fully saturated rings. The summed E-state index contributed by atoms with van der Waals surface area (Å²) in [6, 6.07) is 0. The van der Waals surface area contributed by atoms with Crippen molar-refractivity contribution in [3.8, 4) is 0 Å². The highest BCUT2D eigenvalue weighted by Crippen LogP contribution is 2.09. The second kappa shape index (κ2) is 8.45. The number of carbonyl (C=O) groups excluding carboxylic acids is 2. The van der Waals surface area contributed by atoms with Gasteiger partial charge in [-0.05, 0) is 12.8 Å². The van der Waals surface area contributed by atoms with Gasteiger partial charge in [0.15, 0.2) is 0 Å². The summed E-state index contributed by atoms with van der Waals surface area (Å²) in [5.41, 5.74) is 0. The molecule has 0 unspecified atom stereocenters. The average Bonchev–Trinajstić information content (AvgIpc) is 2.22. The van der Waals surface area contributed by atoms with E-state index >= 15 is 0 Å². The maximum absolute atomic E-state index is 11.3. The third kappa shape index (κ3) is 8.16. The fraction of sp³-hybridized carbons (Fsp3) is 0.833. The average molecular weight is 214 g/mol. The van der Waals surface area contributed by atoms with Crippen molar-refractivity contribution in [2.75, 3.05) is 7.11 Å². The first kappa shape index (κ1) is 14.1. The summed E-state index contributed by atoms with van der Waals surface area (Å²) >= 11 is 0. The number of ketones is 1. The molecule has 0 heterocycles. The van der Waals surface area contributed by atoms with E-state index in [0.717, 1.165) is 25.7 Å². The SMILES string of the molecule is COC(=O)CCCCCCC(=O)C(C)C. The summed E-state index contributed by atoms with van der Waals surface area (Å²) in [6.45, 7) is 3.86. The van der Waals surface area contributed by atoms with Gasteiger partial charge in [0.1, 0.15) is 5.78 Å². The van der Waals surface area contributed by atoms with Crippen molar-refractivity contribution in [1.82, 2.24) is 0 Å². The highest BCUT2D eigenvalue weighted by molar-refractivity contribution is 5.80. The van der Waals surface area contributed by atoms with E-state index in [0.29, 0.717) is 18.6 Å². The van der Waals surface area contributed by atoms with Crippen molar-refractivity contribution in [3.05, 3.63) is 0 Å². The van der Waals surface area contributed by atoms with Gasteiger partial charge in [-0.3, -0.25) is 9.59 Å². The van der Waals surface area contributed by atoms with Gasteiger partial charge in [-0.1, -0.05) is 26.7 Å². The van der Waals surface area contributed by atoms with Crippen LogP contribution in [0.4, 0.5) is 0 Å². The number of unbranched alkanes of at least 4 members (excludes halogenated alkanes) is 3. The van der Waals surface area contributed by atoms with Gasteiger partial charge in [0.05, 0.1) is 7.11 Å². The summed E-state index contributed by atoms with van der Waals surface area (Å²) in [4.78, 5) is 22.0. The number of carbonyl (C=O) groups is 2. The first-order valence-corrected chi connectivity index (χ1v) is 5.67. The molecule has 0 aliphatic carbocycles. The van der Waals surface area contributed by atoms with Gasteiger partial charge >= 0.3 is 5.97 Å². The van der Waals surface area contributed by atoms with Crippen LogP contribution in [0.5, 0.6) is 0 Å². The molecule has 0 aromatic carbocycles. The Hall–Kier alpha value is -0.860. The van der Waals surface area contributed by atoms with Crippen molar-refractivity contribution in [1.29, 1.82) is 0 Å². The Bertz CT molecular complexity index is 197. The molecule has 0 rings (SSSR count). The molecule has 0 atom stereocenters. The Kier molecular flexibility index (Phi) is 7.96. The quantitative estimate of drug-likeness (QED) is 0.461. The van der Waals surface area contributed by atoms with Gasteiger partial charge in [0, 0.05) is 18.8 Å². The zero-order valence-corrected chi connectivity index (χ0v) is 10.0. The summed E-state index contributed by atoms with van der Waals surface area (Å²) in [6.07, 6.45) is 5.00. The number of ether oxygens (including phenoxy) is 1. The molecule has 88 valence electrons. The molecule has 15 heavy (non-hydrogen) atoms. The van der Waals surface area contributed by atoms with Crippen LogP contribution in [0.3, 0.4) is 0 Å². The van der Waals surface area contributed by atoms with Gasteiger partial charge < -0.3 is 4.74 Å². The zero-order chi connectivity index (χ0) is 11.7. The molecule has 0 spiro atoms. The lowest BCUT2D eigenvalue weighted by molar-refractivity contribution is -0.140. The van der Waals surface area contributed by atoms with Gasteiger partial charge in [-0.25, -0.2) is 0 Å². The second-order valence-electron chi connectivity index (χ2n) is 4.11. The smallest absolute Gasteiger partial charge is 0.305 e. The van der Waals surface area contributed by atoms with E-state index in [2.05, 4.69) is 4.74 Å². The maximum atomic E-state index is 11.3. The van der Waals surface area contributed by atoms with E-state index in [-0.39, 0.29) is 11.9 Å². The minimum absolute atomic E-state index is 0.145. The number of hydrogen-bond acceptors (Lipinski definition) is 3. The standard InChI is InChI=1S/C12H22O3/c1-10(2)11(13)8-6-4-5-7-9-12(14)15-3/h10H,4-9H2,1-3H3. The van der Waals surface area contributed by atoms with Crippen LogP contribution in [-0.2, 0) is 14.3 Å². The van der Waals surface area contributed by atoms with Crippen LogP contribution in [0, 0.1) is 5.92 Å². The van der Waals surface area contributed by atoms with E-state index in [1.807, 2.05) is 13.8 Å². The molecular formula is C12H22O3. The van der Waals surface area contributed by atoms with Crippen LogP contribution in [0.25, 0.3) is 0 Å². The third-order valence-electron chi connectivity index (χ3n) is 2.43. The van der Waals surface area contributed by atoms with Crippen LogP contribution < -0.4 is 0 Å². The number of rotatable bonds is 8. The van der Waals surface area contributed by atoms with E-state index in [1.165, 1.54) is 7.11 Å². The van der Waals surface area contributed by atoms with Crippen molar-refractivity contribution in [3.63, 3.8) is 0 Å². The highest BCUT2D eigenvalue weighted by Gasteiger charge is 2.06. The molecule has 0 saturated carbocycles. The number of methoxy groups -OCH3 is 1. The normalized spacial score (nSPS) is 10.4. The minimum atomic E-state index is -0.145. The first-order valence-electron chi connectivity index (χ1n) is 5.67. The predicted octanol–water partition coefficient (Wildman–Crippen LogP) is 2.73. The van der Waals surface area contributed by atoms with Crippen molar-refractivity contribution >= 4 is 11.8 Å². The van der Waals surface area contributed by atoms with Crippen LogP contribution in [0.15, 0.2) is 0 Å². The maximum Gasteiger partial charge on any atom is 0.305 e. The monoisotopic (exact) mass is 214 g/mol. The zero-order valence-electron chi connectivity index (χ0n) is 10.0. The molecule has 0 aliphatic rings. The van der Waals surface area contributed by atoms with Gasteiger partial charge in [-0.15, -0.1) is 0 Å². The lowest BCUT2D eigenvalue weighted by Gasteiger charge is -2.03. The number of Topliss-reactive ketones (excluding diaryl/α,β-unsaturated/α-hetero) is 1. The lowest BCUT2D eigenvalue weighted by atomic mass is 10.0. The summed E-state index contributed by atoms with van der Waals surface area (Å²) in [7, 11) is 1.41. The molecule has 0 bridgehead atoms. The van der Waals surface area contributed by atoms with E-state index in [4.69, 9.17) is 0 Å². The Balaban J connectivity index is 3.25. The molecule has 3 nitrogen and oxygen atoms in total. The van der Waals surface area contributed by atoms with Crippen molar-refractivity contribution in [2.24, 2.45) is 5.92 Å². The minimum Gasteiger partial charge on any atom is -0.469 e. The summed E-state index contributed by atoms with van der Waals surface area (Å²) in [5, 5.41) is 0. The Labute approximate surface area is 92.2 Å². The molecular weight excluding hydrogens is 192 g/mol. The molecule has 0 radical (unpaired) electrons. The highest BCUT2D eigenvalue weighted by atomic mass is 16.5. The number of esters is 1.